The first-order valence-corrected chi connectivity index (χ1v) is 13.6. The van der Waals surface area contributed by atoms with Gasteiger partial charge < -0.3 is 19.0 Å². The number of hydrogen-bond donors (Lipinski definition) is 1. The molecule has 7 rings (SSSR count). The number of aryl methyl sites for hydroxylation is 1. The number of nitrogens with zero attached hydrogens (tertiary/aromatic N) is 5. The first-order chi connectivity index (χ1) is 18.6. The molecule has 1 aromatic carbocycles. The highest BCUT2D eigenvalue weighted by Crippen LogP contribution is 2.49. The van der Waals surface area contributed by atoms with Crippen molar-refractivity contribution in [3.63, 3.8) is 0 Å². The normalized spacial score (nSPS) is 24.1. The van der Waals surface area contributed by atoms with Gasteiger partial charge in [0.1, 0.15) is 17.7 Å². The van der Waals surface area contributed by atoms with Gasteiger partial charge in [0.25, 0.3) is 5.56 Å². The number of aromatic nitrogens is 5. The van der Waals surface area contributed by atoms with Crippen LogP contribution in [0.5, 0.6) is 0 Å². The second-order valence-electron chi connectivity index (χ2n) is 11.2. The minimum atomic E-state index is -0.285. The molecule has 1 aliphatic heterocycles. The van der Waals surface area contributed by atoms with Crippen LogP contribution in [0, 0.1) is 0 Å². The Morgan fingerprint density at radius 2 is 2.00 bits per heavy atom. The van der Waals surface area contributed by atoms with E-state index >= 15 is 0 Å². The SMILES string of the molecule is CO[C@H]1C[C@](c2cccc(-n3cc(C4CC4)c4cc(CN5CCOCC5)[nH]c4c3=O)c2)(c2nncn2C)C1. The van der Waals surface area contributed by atoms with Crippen molar-refractivity contribution >= 4 is 10.9 Å². The molecule has 0 unspecified atom stereocenters. The number of benzene rings is 1. The van der Waals surface area contributed by atoms with Crippen molar-refractivity contribution in [2.24, 2.45) is 7.05 Å². The Morgan fingerprint density at radius 1 is 1.18 bits per heavy atom. The summed E-state index contributed by atoms with van der Waals surface area (Å²) in [4.78, 5) is 19.8. The maximum Gasteiger partial charge on any atom is 0.279 e. The Balaban J connectivity index is 1.31. The van der Waals surface area contributed by atoms with E-state index < -0.39 is 0 Å². The molecular weight excluding hydrogens is 480 g/mol. The molecule has 3 fully saturated rings. The first kappa shape index (κ1) is 23.8. The Kier molecular flexibility index (Phi) is 5.76. The van der Waals surface area contributed by atoms with Crippen LogP contribution in [0.3, 0.4) is 0 Å². The summed E-state index contributed by atoms with van der Waals surface area (Å²) in [6, 6.07) is 10.6. The van der Waals surface area contributed by atoms with Crippen LogP contribution in [-0.4, -0.2) is 68.7 Å². The number of rotatable bonds is 7. The number of hydrogen-bond acceptors (Lipinski definition) is 6. The summed E-state index contributed by atoms with van der Waals surface area (Å²) >= 11 is 0. The number of fused-ring (bicyclic) bond motifs is 1. The maximum atomic E-state index is 13.9. The predicted molar refractivity (Wildman–Crippen MR) is 144 cm³/mol. The summed E-state index contributed by atoms with van der Waals surface area (Å²) in [6.45, 7) is 4.16. The molecule has 0 bridgehead atoms. The molecule has 0 radical (unpaired) electrons. The van der Waals surface area contributed by atoms with Crippen LogP contribution in [0.4, 0.5) is 0 Å². The standard InChI is InChI=1S/C29H34N6O3/c1-33-18-30-32-28(33)29(14-23(15-29)37-2)20-4-3-5-22(12-20)35-17-25(19-6-7-19)24-13-21(31-26(24)27(35)36)16-34-8-10-38-11-9-34/h3-5,12-13,17-19,23,31H,6-11,14-16H2,1-2H3/t23-,29-. The monoisotopic (exact) mass is 514 g/mol. The summed E-state index contributed by atoms with van der Waals surface area (Å²) in [5.74, 6) is 1.44. The molecule has 1 N–H and O–H groups in total. The van der Waals surface area contributed by atoms with E-state index in [1.165, 1.54) is 18.4 Å². The third-order valence-corrected chi connectivity index (χ3v) is 8.70. The van der Waals surface area contributed by atoms with Crippen LogP contribution in [-0.2, 0) is 28.5 Å². The van der Waals surface area contributed by atoms with Gasteiger partial charge in [-0.25, -0.2) is 0 Å². The Labute approximate surface area is 221 Å². The van der Waals surface area contributed by atoms with E-state index in [2.05, 4.69) is 50.5 Å². The van der Waals surface area contributed by atoms with E-state index in [0.29, 0.717) is 11.4 Å². The van der Waals surface area contributed by atoms with Crippen molar-refractivity contribution in [1.82, 2.24) is 29.2 Å². The van der Waals surface area contributed by atoms with E-state index in [1.807, 2.05) is 22.2 Å². The number of H-pyrrole nitrogens is 1. The minimum Gasteiger partial charge on any atom is -0.381 e. The van der Waals surface area contributed by atoms with Crippen LogP contribution in [0.25, 0.3) is 16.6 Å². The van der Waals surface area contributed by atoms with Gasteiger partial charge in [0.2, 0.25) is 0 Å². The van der Waals surface area contributed by atoms with Gasteiger partial charge in [-0.3, -0.25) is 14.3 Å². The van der Waals surface area contributed by atoms with Crippen molar-refractivity contribution in [3.8, 4) is 5.69 Å². The van der Waals surface area contributed by atoms with E-state index in [1.54, 1.807) is 13.4 Å². The van der Waals surface area contributed by atoms with Crippen LogP contribution >= 0.6 is 0 Å². The summed E-state index contributed by atoms with van der Waals surface area (Å²) in [5.41, 5.74) is 4.78. The van der Waals surface area contributed by atoms with Gasteiger partial charge in [0.15, 0.2) is 0 Å². The van der Waals surface area contributed by atoms with Crippen molar-refractivity contribution < 1.29 is 9.47 Å². The Morgan fingerprint density at radius 3 is 2.71 bits per heavy atom. The lowest BCUT2D eigenvalue weighted by atomic mass is 9.62. The lowest BCUT2D eigenvalue weighted by molar-refractivity contribution is -0.00696. The highest BCUT2D eigenvalue weighted by molar-refractivity contribution is 5.84. The summed E-state index contributed by atoms with van der Waals surface area (Å²) in [5, 5.41) is 9.72. The third kappa shape index (κ3) is 3.92. The average Bonchev–Trinajstić information content (AvgIpc) is 3.53. The van der Waals surface area contributed by atoms with E-state index in [-0.39, 0.29) is 17.1 Å². The van der Waals surface area contributed by atoms with Gasteiger partial charge in [0, 0.05) is 56.8 Å². The Bertz CT molecular complexity index is 1540. The quantitative estimate of drug-likeness (QED) is 0.407. The lowest BCUT2D eigenvalue weighted by Gasteiger charge is -2.46. The van der Waals surface area contributed by atoms with Gasteiger partial charge in [-0.05, 0) is 60.9 Å². The van der Waals surface area contributed by atoms with Gasteiger partial charge in [-0.15, -0.1) is 10.2 Å². The molecule has 4 heterocycles. The summed E-state index contributed by atoms with van der Waals surface area (Å²) in [7, 11) is 3.75. The molecule has 4 aromatic rings. The summed E-state index contributed by atoms with van der Waals surface area (Å²) < 4.78 is 15.0. The minimum absolute atomic E-state index is 0.00846. The second kappa shape index (κ2) is 9.18. The van der Waals surface area contributed by atoms with Crippen LogP contribution in [0.1, 0.15) is 54.2 Å². The zero-order valence-electron chi connectivity index (χ0n) is 22.0. The van der Waals surface area contributed by atoms with Gasteiger partial charge in [-0.1, -0.05) is 12.1 Å². The highest BCUT2D eigenvalue weighted by atomic mass is 16.5. The largest absolute Gasteiger partial charge is 0.381 e. The lowest BCUT2D eigenvalue weighted by Crippen LogP contribution is -2.48. The predicted octanol–water partition coefficient (Wildman–Crippen LogP) is 3.25. The molecule has 3 aromatic heterocycles. The number of methoxy groups -OCH3 is 1. The molecule has 2 saturated carbocycles. The number of ether oxygens (including phenoxy) is 2. The zero-order valence-corrected chi connectivity index (χ0v) is 22.0. The maximum absolute atomic E-state index is 13.9. The number of morpholine rings is 1. The smallest absolute Gasteiger partial charge is 0.279 e. The van der Waals surface area contributed by atoms with Crippen LogP contribution in [0.2, 0.25) is 0 Å². The van der Waals surface area contributed by atoms with E-state index in [9.17, 15) is 4.79 Å². The van der Waals surface area contributed by atoms with Crippen LogP contribution < -0.4 is 5.56 Å². The molecule has 2 aliphatic carbocycles. The fourth-order valence-corrected chi connectivity index (χ4v) is 6.39. The van der Waals surface area contributed by atoms with Gasteiger partial charge in [-0.2, -0.15) is 0 Å². The molecule has 1 saturated heterocycles. The van der Waals surface area contributed by atoms with Crippen molar-refractivity contribution in [1.29, 1.82) is 0 Å². The molecule has 9 nitrogen and oxygen atoms in total. The third-order valence-electron chi connectivity index (χ3n) is 8.70. The number of pyridine rings is 1. The van der Waals surface area contributed by atoms with Gasteiger partial charge in [0.05, 0.1) is 24.7 Å². The molecule has 9 heteroatoms. The summed E-state index contributed by atoms with van der Waals surface area (Å²) in [6.07, 6.45) is 8.03. The number of aromatic amines is 1. The van der Waals surface area contributed by atoms with E-state index in [4.69, 9.17) is 9.47 Å². The highest BCUT2D eigenvalue weighted by Gasteiger charge is 2.50. The van der Waals surface area contributed by atoms with Gasteiger partial charge >= 0.3 is 0 Å². The molecule has 0 atom stereocenters. The number of nitrogens with one attached hydrogen (secondary N) is 1. The first-order valence-electron chi connectivity index (χ1n) is 13.6. The van der Waals surface area contributed by atoms with Crippen molar-refractivity contribution in [2.75, 3.05) is 33.4 Å². The molecular formula is C29H34N6O3. The van der Waals surface area contributed by atoms with Crippen LogP contribution in [0.15, 0.2) is 47.7 Å². The Hall–Kier alpha value is -3.27. The molecule has 0 amide bonds. The van der Waals surface area contributed by atoms with Crippen molar-refractivity contribution in [3.05, 3.63) is 75.9 Å². The van der Waals surface area contributed by atoms with Crippen molar-refractivity contribution in [2.45, 2.75) is 49.7 Å². The molecule has 198 valence electrons. The fraction of sp³-hybridized carbons (Fsp3) is 0.483. The molecule has 0 spiro atoms. The molecule has 38 heavy (non-hydrogen) atoms. The fourth-order valence-electron chi connectivity index (χ4n) is 6.39. The second-order valence-corrected chi connectivity index (χ2v) is 11.2. The average molecular weight is 515 g/mol. The zero-order chi connectivity index (χ0) is 25.9. The molecule has 3 aliphatic rings. The topological polar surface area (TPSA) is 90.2 Å². The van der Waals surface area contributed by atoms with E-state index in [0.717, 1.165) is 73.8 Å².